The SMILES string of the molecule is CCC(C=O)NOC1C([C@@H](C)CC)CCN1C(=O)C(NC(=O)C(NC(=O)c1cnccn1)C(C)CC)C(C)(C)C.CCCNC(C)=O. The van der Waals surface area contributed by atoms with Crippen LogP contribution in [-0.4, -0.2) is 82.2 Å². The molecule has 1 aromatic heterocycles. The standard InChI is InChI=1S/C29H48N6O5.C5H11NO/c1-9-18(4)21-12-15-35(28(21)40-34-20(11-3)17-36)27(39)24(29(6,7)8)33-26(38)23(19(5)10-2)32-25(37)22-16-30-13-14-31-22;1-3-4-6-5(2)7/h13-14,16-21,23-24,28,34H,9-12,15H2,1-8H3,(H,32,37)(H,33,38);3-4H2,1-2H3,(H,6,7)/t18-,19?,20?,21?,23?,24?,28?;/m0./s1. The normalized spacial score (nSPS) is 19.2. The molecule has 4 N–H and O–H groups in total. The van der Waals surface area contributed by atoms with Crippen LogP contribution in [0.5, 0.6) is 0 Å². The smallest absolute Gasteiger partial charge is 0.272 e. The van der Waals surface area contributed by atoms with Gasteiger partial charge in [-0.2, -0.15) is 5.48 Å². The van der Waals surface area contributed by atoms with E-state index in [9.17, 15) is 24.0 Å². The summed E-state index contributed by atoms with van der Waals surface area (Å²) >= 11 is 0. The van der Waals surface area contributed by atoms with E-state index in [1.807, 2.05) is 48.5 Å². The van der Waals surface area contributed by atoms with Crippen molar-refractivity contribution < 1.29 is 28.8 Å². The Labute approximate surface area is 281 Å². The van der Waals surface area contributed by atoms with Gasteiger partial charge >= 0.3 is 0 Å². The van der Waals surface area contributed by atoms with Gasteiger partial charge in [0, 0.05) is 38.3 Å². The lowest BCUT2D eigenvalue weighted by Crippen LogP contribution is -2.61. The van der Waals surface area contributed by atoms with Crippen molar-refractivity contribution in [2.75, 3.05) is 13.1 Å². The van der Waals surface area contributed by atoms with Gasteiger partial charge in [-0.3, -0.25) is 29.0 Å². The molecule has 2 rings (SSSR count). The second-order valence-electron chi connectivity index (χ2n) is 13.4. The van der Waals surface area contributed by atoms with Crippen molar-refractivity contribution in [1.29, 1.82) is 0 Å². The van der Waals surface area contributed by atoms with Crippen molar-refractivity contribution in [3.63, 3.8) is 0 Å². The molecule has 47 heavy (non-hydrogen) atoms. The van der Waals surface area contributed by atoms with Crippen LogP contribution >= 0.6 is 0 Å². The van der Waals surface area contributed by atoms with Crippen LogP contribution in [-0.2, 0) is 24.0 Å². The minimum Gasteiger partial charge on any atom is -0.356 e. The summed E-state index contributed by atoms with van der Waals surface area (Å²) in [5, 5.41) is 8.40. The molecule has 0 aromatic carbocycles. The number of rotatable bonds is 16. The number of carbonyl (C=O) groups excluding carboxylic acids is 5. The Kier molecular flexibility index (Phi) is 18.3. The second kappa shape index (κ2) is 20.7. The van der Waals surface area contributed by atoms with Gasteiger partial charge in [0.15, 0.2) is 6.23 Å². The molecule has 0 bridgehead atoms. The van der Waals surface area contributed by atoms with Crippen LogP contribution in [0.2, 0.25) is 0 Å². The minimum absolute atomic E-state index is 0.0573. The van der Waals surface area contributed by atoms with Crippen molar-refractivity contribution in [1.82, 2.24) is 36.3 Å². The third-order valence-corrected chi connectivity index (χ3v) is 8.58. The van der Waals surface area contributed by atoms with Crippen LogP contribution in [0.3, 0.4) is 0 Å². The molecule has 0 radical (unpaired) electrons. The molecule has 13 nitrogen and oxygen atoms in total. The number of hydrogen-bond acceptors (Lipinski definition) is 9. The molecule has 0 saturated carbocycles. The van der Waals surface area contributed by atoms with E-state index in [1.54, 1.807) is 4.90 Å². The summed E-state index contributed by atoms with van der Waals surface area (Å²) in [5.41, 5.74) is 2.31. The van der Waals surface area contributed by atoms with Gasteiger partial charge in [-0.15, -0.1) is 0 Å². The van der Waals surface area contributed by atoms with Crippen molar-refractivity contribution >= 4 is 29.9 Å². The highest BCUT2D eigenvalue weighted by Gasteiger charge is 2.46. The first-order valence-electron chi connectivity index (χ1n) is 16.9. The maximum absolute atomic E-state index is 14.1. The molecule has 1 aliphatic heterocycles. The quantitative estimate of drug-likeness (QED) is 0.153. The van der Waals surface area contributed by atoms with Crippen LogP contribution in [0.15, 0.2) is 18.6 Å². The molecule has 2 heterocycles. The Morgan fingerprint density at radius 3 is 2.19 bits per heavy atom. The third kappa shape index (κ3) is 13.3. The summed E-state index contributed by atoms with van der Waals surface area (Å²) in [5.74, 6) is -1.01. The lowest BCUT2D eigenvalue weighted by atomic mass is 9.85. The van der Waals surface area contributed by atoms with Gasteiger partial charge in [0.1, 0.15) is 24.1 Å². The van der Waals surface area contributed by atoms with E-state index in [1.165, 1.54) is 25.5 Å². The lowest BCUT2D eigenvalue weighted by Gasteiger charge is -2.38. The van der Waals surface area contributed by atoms with Gasteiger partial charge < -0.3 is 25.6 Å². The van der Waals surface area contributed by atoms with Crippen LogP contribution in [0.4, 0.5) is 0 Å². The minimum atomic E-state index is -0.880. The van der Waals surface area contributed by atoms with E-state index in [-0.39, 0.29) is 35.3 Å². The van der Waals surface area contributed by atoms with Gasteiger partial charge in [0.2, 0.25) is 17.7 Å². The average molecular weight is 662 g/mol. The van der Waals surface area contributed by atoms with Crippen molar-refractivity contribution in [2.45, 2.75) is 126 Å². The summed E-state index contributed by atoms with van der Waals surface area (Å²) in [7, 11) is 0. The summed E-state index contributed by atoms with van der Waals surface area (Å²) in [6.07, 6.45) is 8.29. The van der Waals surface area contributed by atoms with Crippen molar-refractivity contribution in [3.8, 4) is 0 Å². The maximum atomic E-state index is 14.1. The first-order chi connectivity index (χ1) is 22.2. The molecule has 6 unspecified atom stereocenters. The monoisotopic (exact) mass is 661 g/mol. The molecule has 1 fully saturated rings. The number of aromatic nitrogens is 2. The van der Waals surface area contributed by atoms with Gasteiger partial charge in [-0.05, 0) is 36.5 Å². The van der Waals surface area contributed by atoms with Gasteiger partial charge in [-0.1, -0.05) is 75.2 Å². The zero-order valence-electron chi connectivity index (χ0n) is 30.1. The Balaban J connectivity index is 0.00000141. The van der Waals surface area contributed by atoms with Gasteiger partial charge in [0.05, 0.1) is 12.2 Å². The summed E-state index contributed by atoms with van der Waals surface area (Å²) in [6.45, 7) is 20.4. The maximum Gasteiger partial charge on any atom is 0.272 e. The largest absolute Gasteiger partial charge is 0.356 e. The molecule has 13 heteroatoms. The molecule has 266 valence electrons. The molecule has 7 atom stereocenters. The summed E-state index contributed by atoms with van der Waals surface area (Å²) < 4.78 is 0. The Bertz CT molecular complexity index is 1130. The zero-order chi connectivity index (χ0) is 35.7. The first kappa shape index (κ1) is 41.6. The number of aldehydes is 1. The number of nitrogens with zero attached hydrogens (tertiary/aromatic N) is 3. The third-order valence-electron chi connectivity index (χ3n) is 8.58. The summed E-state index contributed by atoms with van der Waals surface area (Å²) in [4.78, 5) is 77.8. The lowest BCUT2D eigenvalue weighted by molar-refractivity contribution is -0.165. The molecule has 0 spiro atoms. The van der Waals surface area contributed by atoms with Crippen molar-refractivity contribution in [3.05, 3.63) is 24.3 Å². The average Bonchev–Trinajstić information content (AvgIpc) is 3.48. The highest BCUT2D eigenvalue weighted by atomic mass is 16.7. The predicted molar refractivity (Wildman–Crippen MR) is 181 cm³/mol. The molecule has 1 saturated heterocycles. The van der Waals surface area contributed by atoms with Crippen LogP contribution in [0.1, 0.15) is 112 Å². The topological polar surface area (TPSA) is 172 Å². The molecular weight excluding hydrogens is 602 g/mol. The molecule has 0 aliphatic carbocycles. The Morgan fingerprint density at radius 1 is 1.04 bits per heavy atom. The summed E-state index contributed by atoms with van der Waals surface area (Å²) in [6, 6.07) is -2.24. The first-order valence-corrected chi connectivity index (χ1v) is 16.9. The van der Waals surface area contributed by atoms with Crippen LogP contribution < -0.4 is 21.4 Å². The molecule has 1 aromatic rings. The van der Waals surface area contributed by atoms with E-state index in [0.29, 0.717) is 19.4 Å². The number of hydroxylamine groups is 1. The Morgan fingerprint density at radius 2 is 1.72 bits per heavy atom. The highest BCUT2D eigenvalue weighted by Crippen LogP contribution is 2.35. The fourth-order valence-corrected chi connectivity index (χ4v) is 5.09. The fourth-order valence-electron chi connectivity index (χ4n) is 5.09. The molecule has 4 amide bonds. The van der Waals surface area contributed by atoms with E-state index in [2.05, 4.69) is 45.2 Å². The van der Waals surface area contributed by atoms with Crippen LogP contribution in [0, 0.1) is 23.2 Å². The zero-order valence-corrected chi connectivity index (χ0v) is 30.1. The van der Waals surface area contributed by atoms with E-state index < -0.39 is 41.6 Å². The number of amides is 4. The van der Waals surface area contributed by atoms with Gasteiger partial charge in [0.25, 0.3) is 5.91 Å². The van der Waals surface area contributed by atoms with E-state index >= 15 is 0 Å². The number of carbonyl (C=O) groups is 5. The number of likely N-dealkylation sites (tertiary alicyclic amines) is 1. The van der Waals surface area contributed by atoms with E-state index in [0.717, 1.165) is 32.1 Å². The van der Waals surface area contributed by atoms with E-state index in [4.69, 9.17) is 4.84 Å². The van der Waals surface area contributed by atoms with Crippen molar-refractivity contribution in [2.24, 2.45) is 23.2 Å². The highest BCUT2D eigenvalue weighted by molar-refractivity contribution is 5.97. The molecule has 1 aliphatic rings. The number of hydrogen-bond donors (Lipinski definition) is 4. The van der Waals surface area contributed by atoms with Gasteiger partial charge in [-0.25, -0.2) is 4.98 Å². The fraction of sp³-hybridized carbons (Fsp3) is 0.735. The predicted octanol–water partition coefficient (Wildman–Crippen LogP) is 3.40. The van der Waals surface area contributed by atoms with Crippen LogP contribution in [0.25, 0.3) is 0 Å². The second-order valence-corrected chi connectivity index (χ2v) is 13.4. The Hall–Kier alpha value is -3.45. The molecular formula is C34H59N7O6. The number of nitrogens with one attached hydrogen (secondary N) is 4.